The first-order valence-electron chi connectivity index (χ1n) is 5.99. The van der Waals surface area contributed by atoms with Crippen LogP contribution in [-0.2, 0) is 0 Å². The second kappa shape index (κ2) is 6.04. The third-order valence-electron chi connectivity index (χ3n) is 2.81. The molecule has 0 aromatic heterocycles. The van der Waals surface area contributed by atoms with Crippen molar-refractivity contribution < 1.29 is 9.13 Å². The van der Waals surface area contributed by atoms with Crippen LogP contribution in [-0.4, -0.2) is 6.54 Å². The first-order valence-corrected chi connectivity index (χ1v) is 6.37. The smallest absolute Gasteiger partial charge is 0.183 e. The molecule has 2 rings (SSSR count). The minimum absolute atomic E-state index is 0.0394. The van der Waals surface area contributed by atoms with E-state index in [0.717, 1.165) is 11.1 Å². The van der Waals surface area contributed by atoms with Crippen molar-refractivity contribution in [1.29, 1.82) is 0 Å². The third-order valence-corrected chi connectivity index (χ3v) is 3.11. The minimum atomic E-state index is -0.560. The average molecular weight is 280 g/mol. The van der Waals surface area contributed by atoms with Crippen LogP contribution in [0.3, 0.4) is 0 Å². The van der Waals surface area contributed by atoms with Gasteiger partial charge < -0.3 is 10.5 Å². The molecule has 2 N–H and O–H groups in total. The fourth-order valence-corrected chi connectivity index (χ4v) is 2.02. The van der Waals surface area contributed by atoms with Crippen molar-refractivity contribution in [3.05, 3.63) is 64.4 Å². The fraction of sp³-hybridized carbons (Fsp3) is 0.200. The van der Waals surface area contributed by atoms with E-state index in [9.17, 15) is 4.39 Å². The molecule has 0 aliphatic rings. The minimum Gasteiger partial charge on any atom is -0.481 e. The van der Waals surface area contributed by atoms with Crippen molar-refractivity contribution >= 4 is 11.6 Å². The number of halogens is 2. The molecule has 19 heavy (non-hydrogen) atoms. The van der Waals surface area contributed by atoms with Gasteiger partial charge in [-0.15, -0.1) is 0 Å². The zero-order chi connectivity index (χ0) is 13.8. The Morgan fingerprint density at radius 3 is 2.68 bits per heavy atom. The number of hydrogen-bond donors (Lipinski definition) is 1. The van der Waals surface area contributed by atoms with E-state index in [0.29, 0.717) is 0 Å². The Bertz CT molecular complexity index is 574. The zero-order valence-corrected chi connectivity index (χ0v) is 11.3. The largest absolute Gasteiger partial charge is 0.481 e. The fourth-order valence-electron chi connectivity index (χ4n) is 1.85. The van der Waals surface area contributed by atoms with E-state index < -0.39 is 11.9 Å². The van der Waals surface area contributed by atoms with Crippen LogP contribution in [0.15, 0.2) is 42.5 Å². The molecule has 0 amide bonds. The summed E-state index contributed by atoms with van der Waals surface area (Å²) in [7, 11) is 0. The van der Waals surface area contributed by atoms with Crippen LogP contribution < -0.4 is 10.5 Å². The number of benzene rings is 2. The third kappa shape index (κ3) is 3.25. The summed E-state index contributed by atoms with van der Waals surface area (Å²) in [5.74, 6) is -0.445. The second-order valence-corrected chi connectivity index (χ2v) is 4.72. The van der Waals surface area contributed by atoms with Crippen molar-refractivity contribution in [3.8, 4) is 5.75 Å². The van der Waals surface area contributed by atoms with E-state index in [2.05, 4.69) is 0 Å². The standard InChI is InChI=1S/C15H15ClFNO/c1-10-4-2-5-11(8-10)14(9-18)19-13-7-3-6-12(16)15(13)17/h2-8,14H,9,18H2,1H3. The maximum atomic E-state index is 13.8. The maximum absolute atomic E-state index is 13.8. The van der Waals surface area contributed by atoms with E-state index >= 15 is 0 Å². The van der Waals surface area contributed by atoms with Gasteiger partial charge in [-0.25, -0.2) is 4.39 Å². The lowest BCUT2D eigenvalue weighted by Gasteiger charge is -2.19. The normalized spacial score (nSPS) is 12.2. The topological polar surface area (TPSA) is 35.2 Å². The van der Waals surface area contributed by atoms with Crippen molar-refractivity contribution in [2.75, 3.05) is 6.54 Å². The van der Waals surface area contributed by atoms with Crippen LogP contribution in [0.1, 0.15) is 17.2 Å². The summed E-state index contributed by atoms with van der Waals surface area (Å²) in [5.41, 5.74) is 7.73. The van der Waals surface area contributed by atoms with Crippen LogP contribution in [0.5, 0.6) is 5.75 Å². The number of rotatable bonds is 4. The van der Waals surface area contributed by atoms with Crippen LogP contribution >= 0.6 is 11.6 Å². The van der Waals surface area contributed by atoms with Crippen molar-refractivity contribution in [2.45, 2.75) is 13.0 Å². The molecule has 0 heterocycles. The SMILES string of the molecule is Cc1cccc(C(CN)Oc2cccc(Cl)c2F)c1. The molecule has 0 saturated carbocycles. The number of aryl methyl sites for hydroxylation is 1. The molecular weight excluding hydrogens is 265 g/mol. The van der Waals surface area contributed by atoms with Gasteiger partial charge in [0.15, 0.2) is 11.6 Å². The number of ether oxygens (including phenoxy) is 1. The molecule has 0 fully saturated rings. The van der Waals surface area contributed by atoms with Crippen molar-refractivity contribution in [3.63, 3.8) is 0 Å². The molecule has 2 nitrogen and oxygen atoms in total. The Kier molecular flexibility index (Phi) is 4.40. The van der Waals surface area contributed by atoms with E-state index in [1.165, 1.54) is 6.07 Å². The molecular formula is C15H15ClFNO. The molecule has 0 spiro atoms. The molecule has 0 bridgehead atoms. The molecule has 100 valence electrons. The molecule has 1 unspecified atom stereocenters. The van der Waals surface area contributed by atoms with Gasteiger partial charge >= 0.3 is 0 Å². The van der Waals surface area contributed by atoms with Crippen LogP contribution in [0.4, 0.5) is 4.39 Å². The molecule has 0 aliphatic heterocycles. The van der Waals surface area contributed by atoms with Crippen molar-refractivity contribution in [1.82, 2.24) is 0 Å². The quantitative estimate of drug-likeness (QED) is 0.922. The molecule has 0 radical (unpaired) electrons. The Hall–Kier alpha value is -1.58. The van der Waals surface area contributed by atoms with E-state index in [4.69, 9.17) is 22.1 Å². The first kappa shape index (κ1) is 13.8. The predicted molar refractivity (Wildman–Crippen MR) is 75.0 cm³/mol. The first-order chi connectivity index (χ1) is 9.11. The zero-order valence-electron chi connectivity index (χ0n) is 10.6. The van der Waals surface area contributed by atoms with Crippen molar-refractivity contribution in [2.24, 2.45) is 5.73 Å². The van der Waals surface area contributed by atoms with E-state index in [-0.39, 0.29) is 17.3 Å². The Balaban J connectivity index is 2.26. The van der Waals surface area contributed by atoms with Gasteiger partial charge in [-0.2, -0.15) is 0 Å². The summed E-state index contributed by atoms with van der Waals surface area (Å²) in [5, 5.41) is 0.0394. The Labute approximate surface area is 117 Å². The monoisotopic (exact) mass is 279 g/mol. The highest BCUT2D eigenvalue weighted by molar-refractivity contribution is 6.30. The van der Waals surface area contributed by atoms with Gasteiger partial charge in [0.05, 0.1) is 5.02 Å². The van der Waals surface area contributed by atoms with Gasteiger partial charge in [-0.1, -0.05) is 47.5 Å². The highest BCUT2D eigenvalue weighted by Gasteiger charge is 2.15. The number of nitrogens with two attached hydrogens (primary N) is 1. The van der Waals surface area contributed by atoms with Crippen LogP contribution in [0.25, 0.3) is 0 Å². The summed E-state index contributed by atoms with van der Waals surface area (Å²) >= 11 is 5.73. The summed E-state index contributed by atoms with van der Waals surface area (Å²) < 4.78 is 19.4. The molecule has 4 heteroatoms. The number of hydrogen-bond acceptors (Lipinski definition) is 2. The summed E-state index contributed by atoms with van der Waals surface area (Å²) in [4.78, 5) is 0. The van der Waals surface area contributed by atoms with Gasteiger partial charge in [0.2, 0.25) is 0 Å². The second-order valence-electron chi connectivity index (χ2n) is 4.31. The van der Waals surface area contributed by atoms with E-state index in [1.54, 1.807) is 12.1 Å². The van der Waals surface area contributed by atoms with Gasteiger partial charge in [0, 0.05) is 6.54 Å². The molecule has 2 aromatic carbocycles. The lowest BCUT2D eigenvalue weighted by atomic mass is 10.1. The van der Waals surface area contributed by atoms with Gasteiger partial charge in [0.25, 0.3) is 0 Å². The van der Waals surface area contributed by atoms with Gasteiger partial charge in [0.1, 0.15) is 6.10 Å². The Morgan fingerprint density at radius 2 is 2.00 bits per heavy atom. The van der Waals surface area contributed by atoms with Gasteiger partial charge in [-0.3, -0.25) is 0 Å². The highest BCUT2D eigenvalue weighted by Crippen LogP contribution is 2.28. The van der Waals surface area contributed by atoms with E-state index in [1.807, 2.05) is 31.2 Å². The van der Waals surface area contributed by atoms with Gasteiger partial charge in [-0.05, 0) is 24.6 Å². The average Bonchev–Trinajstić information content (AvgIpc) is 2.40. The molecule has 2 aromatic rings. The van der Waals surface area contributed by atoms with Crippen LogP contribution in [0.2, 0.25) is 5.02 Å². The summed E-state index contributed by atoms with van der Waals surface area (Å²) in [6, 6.07) is 12.5. The summed E-state index contributed by atoms with van der Waals surface area (Å²) in [6.45, 7) is 2.24. The lowest BCUT2D eigenvalue weighted by molar-refractivity contribution is 0.204. The highest BCUT2D eigenvalue weighted by atomic mass is 35.5. The molecule has 0 saturated heterocycles. The summed E-state index contributed by atoms with van der Waals surface area (Å²) in [6.07, 6.45) is -0.395. The predicted octanol–water partition coefficient (Wildman–Crippen LogP) is 3.87. The lowest BCUT2D eigenvalue weighted by Crippen LogP contribution is -2.19. The van der Waals surface area contributed by atoms with Crippen LogP contribution in [0, 0.1) is 12.7 Å². The maximum Gasteiger partial charge on any atom is 0.183 e. The molecule has 1 atom stereocenters. The molecule has 0 aliphatic carbocycles. The Morgan fingerprint density at radius 1 is 1.26 bits per heavy atom.